The molecule has 9 heteroatoms. The second kappa shape index (κ2) is 6.47. The first-order valence-electron chi connectivity index (χ1n) is 7.58. The summed E-state index contributed by atoms with van der Waals surface area (Å²) in [7, 11) is -6.80. The Labute approximate surface area is 144 Å². The molecule has 1 saturated heterocycles. The first-order valence-corrected chi connectivity index (χ1v) is 9.02. The number of rotatable bonds is 3. The number of hydrogen-bond donors (Lipinski definition) is 0. The molecule has 0 aromatic heterocycles. The van der Waals surface area contributed by atoms with Crippen molar-refractivity contribution in [3.63, 3.8) is 0 Å². The van der Waals surface area contributed by atoms with Crippen LogP contribution in [0.25, 0.3) is 0 Å². The van der Waals surface area contributed by atoms with Gasteiger partial charge in [0, 0.05) is 0 Å². The molecule has 0 saturated carbocycles. The van der Waals surface area contributed by atoms with E-state index in [0.29, 0.717) is 15.3 Å². The Bertz CT molecular complexity index is 831. The third-order valence-electron chi connectivity index (χ3n) is 4.10. The fraction of sp³-hybridized carbons (Fsp3) is 0.250. The minimum absolute atomic E-state index is 0.417. The number of hydrogen-bond acceptors (Lipinski definition) is 3. The van der Waals surface area contributed by atoms with Gasteiger partial charge in [-0.25, -0.2) is 8.42 Å². The summed E-state index contributed by atoms with van der Waals surface area (Å²) in [6.07, 6.45) is -0.837. The Balaban J connectivity index is 2.14. The highest BCUT2D eigenvalue weighted by Gasteiger charge is 2.59. The molecule has 25 heavy (non-hydrogen) atoms. The van der Waals surface area contributed by atoms with E-state index in [2.05, 4.69) is 0 Å². The zero-order valence-corrected chi connectivity index (χ0v) is 14.0. The molecular weight excluding hydrogens is 354 g/mol. The fourth-order valence-corrected chi connectivity index (χ4v) is 4.26. The van der Waals surface area contributed by atoms with Crippen molar-refractivity contribution in [3.8, 4) is 0 Å². The van der Waals surface area contributed by atoms with Gasteiger partial charge in [0.15, 0.2) is 0 Å². The smallest absolute Gasteiger partial charge is 0.412 e. The molecule has 1 heterocycles. The summed E-state index contributed by atoms with van der Waals surface area (Å²) in [6.45, 7) is 1.31. The Morgan fingerprint density at radius 2 is 1.44 bits per heavy atom. The summed E-state index contributed by atoms with van der Waals surface area (Å²) < 4.78 is 69.9. The highest BCUT2D eigenvalue weighted by atomic mass is 32.2. The monoisotopic (exact) mass is 369 g/mol. The van der Waals surface area contributed by atoms with Gasteiger partial charge in [-0.3, -0.25) is 0 Å². The predicted molar refractivity (Wildman–Crippen MR) is 87.9 cm³/mol. The van der Waals surface area contributed by atoms with Crippen molar-refractivity contribution >= 4 is 17.1 Å². The molecule has 0 bridgehead atoms. The summed E-state index contributed by atoms with van der Waals surface area (Å²) in [5.74, 6) is 0. The summed E-state index contributed by atoms with van der Waals surface area (Å²) in [5, 5.41) is 0. The van der Waals surface area contributed by atoms with Crippen molar-refractivity contribution in [3.05, 3.63) is 71.8 Å². The maximum absolute atomic E-state index is 13.2. The Morgan fingerprint density at radius 3 is 1.92 bits per heavy atom. The normalized spacial score (nSPS) is 22.3. The topological polar surface area (TPSA) is 46.6 Å². The van der Waals surface area contributed by atoms with E-state index < -0.39 is 34.7 Å². The van der Waals surface area contributed by atoms with E-state index in [0.717, 1.165) is 0 Å². The Hall–Kier alpha value is -1.84. The van der Waals surface area contributed by atoms with Gasteiger partial charge in [0.25, 0.3) is 0 Å². The minimum Gasteiger partial charge on any atom is -0.412 e. The van der Waals surface area contributed by atoms with E-state index in [9.17, 15) is 21.6 Å². The van der Waals surface area contributed by atoms with Crippen molar-refractivity contribution in [2.24, 2.45) is 0 Å². The second-order valence-electron chi connectivity index (χ2n) is 5.70. The lowest BCUT2D eigenvalue weighted by Gasteiger charge is -2.28. The Morgan fingerprint density at radius 1 is 0.960 bits per heavy atom. The van der Waals surface area contributed by atoms with Crippen LogP contribution in [0.4, 0.5) is 13.2 Å². The zero-order chi connectivity index (χ0) is 18.2. The predicted octanol–water partition coefficient (Wildman–Crippen LogP) is 3.77. The van der Waals surface area contributed by atoms with Crippen molar-refractivity contribution in [2.75, 3.05) is 0 Å². The summed E-state index contributed by atoms with van der Waals surface area (Å²) in [6, 6.07) is 15.7. The number of alkyl halides is 3. The van der Waals surface area contributed by atoms with Gasteiger partial charge in [0.1, 0.15) is 0 Å². The molecular formula is C16H15BF3NO3S. The number of sulfonamides is 1. The molecule has 0 aliphatic carbocycles. The average Bonchev–Trinajstić information content (AvgIpc) is 2.93. The quantitative estimate of drug-likeness (QED) is 0.774. The summed E-state index contributed by atoms with van der Waals surface area (Å²) >= 11 is 0. The third-order valence-corrected chi connectivity index (χ3v) is 5.77. The maximum atomic E-state index is 13.2. The van der Waals surface area contributed by atoms with Crippen LogP contribution < -0.4 is 0 Å². The fourth-order valence-electron chi connectivity index (χ4n) is 3.05. The largest absolute Gasteiger partial charge is 0.510 e. The highest BCUT2D eigenvalue weighted by molar-refractivity contribution is 7.91. The molecule has 3 rings (SSSR count). The standard InChI is InChI=1S/C16H15BF3NO3S/c1-17-21(25(22,23)16(18,19)20)14(12-8-4-2-5-9-12)15(24-17)13-10-6-3-7-11-13/h2-11,14-15H,1H3/t14-,15+/m1/s1. The molecule has 2 atom stereocenters. The molecule has 4 nitrogen and oxygen atoms in total. The highest BCUT2D eigenvalue weighted by Crippen LogP contribution is 2.47. The summed E-state index contributed by atoms with van der Waals surface area (Å²) in [4.78, 5) is 0. The molecule has 0 unspecified atom stereocenters. The van der Waals surface area contributed by atoms with Crippen molar-refractivity contribution in [2.45, 2.75) is 24.5 Å². The summed E-state index contributed by atoms with van der Waals surface area (Å²) in [5.41, 5.74) is -4.35. The van der Waals surface area contributed by atoms with Crippen molar-refractivity contribution in [1.29, 1.82) is 0 Å². The van der Waals surface area contributed by atoms with E-state index in [1.165, 1.54) is 6.82 Å². The van der Waals surface area contributed by atoms with E-state index in [1.807, 2.05) is 0 Å². The molecule has 1 aliphatic rings. The van der Waals surface area contributed by atoms with Gasteiger partial charge in [0.05, 0.1) is 12.1 Å². The maximum Gasteiger partial charge on any atom is 0.510 e. The van der Waals surface area contributed by atoms with Gasteiger partial charge in [-0.2, -0.15) is 17.4 Å². The van der Waals surface area contributed by atoms with Gasteiger partial charge >= 0.3 is 22.6 Å². The Kier molecular flexibility index (Phi) is 4.65. The second-order valence-corrected chi connectivity index (χ2v) is 7.54. The van der Waals surface area contributed by atoms with Crippen LogP contribution in [-0.2, 0) is 14.7 Å². The van der Waals surface area contributed by atoms with Crippen LogP contribution in [-0.4, -0.2) is 25.2 Å². The molecule has 1 fully saturated rings. The van der Waals surface area contributed by atoms with E-state index >= 15 is 0 Å². The molecule has 0 radical (unpaired) electrons. The molecule has 1 aliphatic heterocycles. The first kappa shape index (κ1) is 18.0. The van der Waals surface area contributed by atoms with Gasteiger partial charge in [0.2, 0.25) is 0 Å². The molecule has 2 aromatic rings. The number of halogens is 3. The third kappa shape index (κ3) is 3.19. The van der Waals surface area contributed by atoms with E-state index in [-0.39, 0.29) is 0 Å². The number of nitrogens with zero attached hydrogens (tertiary/aromatic N) is 1. The molecule has 2 aromatic carbocycles. The molecule has 132 valence electrons. The van der Waals surface area contributed by atoms with Crippen LogP contribution in [0.3, 0.4) is 0 Å². The lowest BCUT2D eigenvalue weighted by atomic mass is 9.88. The van der Waals surface area contributed by atoms with Gasteiger partial charge in [-0.1, -0.05) is 60.7 Å². The van der Waals surface area contributed by atoms with Gasteiger partial charge in [-0.05, 0) is 17.9 Å². The molecule has 0 spiro atoms. The first-order chi connectivity index (χ1) is 11.7. The van der Waals surface area contributed by atoms with Gasteiger partial charge in [-0.15, -0.1) is 0 Å². The van der Waals surface area contributed by atoms with E-state index in [4.69, 9.17) is 4.65 Å². The zero-order valence-electron chi connectivity index (χ0n) is 13.2. The van der Waals surface area contributed by atoms with Crippen LogP contribution in [0.5, 0.6) is 0 Å². The molecule has 0 amide bonds. The van der Waals surface area contributed by atoms with Crippen LogP contribution in [0.2, 0.25) is 6.82 Å². The molecule has 0 N–H and O–H groups in total. The lowest BCUT2D eigenvalue weighted by Crippen LogP contribution is -2.46. The van der Waals surface area contributed by atoms with Crippen LogP contribution in [0.1, 0.15) is 23.3 Å². The average molecular weight is 369 g/mol. The van der Waals surface area contributed by atoms with Crippen LogP contribution in [0.15, 0.2) is 60.7 Å². The number of benzene rings is 2. The van der Waals surface area contributed by atoms with Crippen molar-refractivity contribution < 1.29 is 26.2 Å². The van der Waals surface area contributed by atoms with Crippen LogP contribution >= 0.6 is 0 Å². The van der Waals surface area contributed by atoms with Crippen LogP contribution in [0, 0.1) is 0 Å². The van der Waals surface area contributed by atoms with E-state index in [1.54, 1.807) is 60.7 Å². The minimum atomic E-state index is -5.56. The lowest BCUT2D eigenvalue weighted by molar-refractivity contribution is -0.0477. The SMILES string of the molecule is CB1O[C@@H](c2ccccc2)[C@@H](c2ccccc2)N1S(=O)(=O)C(F)(F)F. The van der Waals surface area contributed by atoms with Crippen molar-refractivity contribution in [1.82, 2.24) is 4.22 Å². The van der Waals surface area contributed by atoms with Gasteiger partial charge < -0.3 is 4.65 Å².